The summed E-state index contributed by atoms with van der Waals surface area (Å²) in [5.41, 5.74) is 5.71. The van der Waals surface area contributed by atoms with Gasteiger partial charge in [0.15, 0.2) is 5.65 Å². The molecule has 2 saturated heterocycles. The molecule has 37 heavy (non-hydrogen) atoms. The van der Waals surface area contributed by atoms with E-state index in [0.29, 0.717) is 30.7 Å². The first-order chi connectivity index (χ1) is 18.2. The van der Waals surface area contributed by atoms with Crippen LogP contribution in [0.25, 0.3) is 22.3 Å². The highest BCUT2D eigenvalue weighted by molar-refractivity contribution is 5.89. The minimum Gasteiger partial charge on any atom is -0.462 e. The van der Waals surface area contributed by atoms with E-state index < -0.39 is 0 Å². The smallest absolute Gasteiger partial charge is 0.320 e. The van der Waals surface area contributed by atoms with Crippen LogP contribution in [0.4, 0.5) is 5.82 Å². The normalized spacial score (nSPS) is 22.1. The van der Waals surface area contributed by atoms with Crippen molar-refractivity contribution in [3.8, 4) is 23.3 Å². The molecular formula is C29H35N7O. The Hall–Kier alpha value is -3.28. The quantitative estimate of drug-likeness (QED) is 0.551. The average Bonchev–Trinajstić information content (AvgIpc) is 3.35. The number of aromatic nitrogens is 3. The predicted octanol–water partition coefficient (Wildman–Crippen LogP) is 3.74. The molecule has 1 aliphatic carbocycles. The van der Waals surface area contributed by atoms with Crippen molar-refractivity contribution >= 4 is 16.9 Å². The van der Waals surface area contributed by atoms with Gasteiger partial charge in [0.25, 0.3) is 0 Å². The molecule has 0 radical (unpaired) electrons. The van der Waals surface area contributed by atoms with Gasteiger partial charge >= 0.3 is 6.01 Å². The highest BCUT2D eigenvalue weighted by Gasteiger charge is 2.26. The maximum Gasteiger partial charge on any atom is 0.320 e. The van der Waals surface area contributed by atoms with E-state index in [2.05, 4.69) is 58.6 Å². The lowest BCUT2D eigenvalue weighted by atomic mass is 9.87. The molecule has 2 fully saturated rings. The van der Waals surface area contributed by atoms with Gasteiger partial charge in [-0.25, -0.2) is 4.98 Å². The average molecular weight is 498 g/mol. The summed E-state index contributed by atoms with van der Waals surface area (Å²) in [6.07, 6.45) is 7.53. The van der Waals surface area contributed by atoms with Crippen LogP contribution < -0.4 is 15.0 Å². The van der Waals surface area contributed by atoms with E-state index in [1.807, 2.05) is 0 Å². The Balaban J connectivity index is 1.39. The fourth-order valence-corrected chi connectivity index (χ4v) is 6.08. The Kier molecular flexibility index (Phi) is 6.90. The molecular weight excluding hydrogens is 462 g/mol. The second-order valence-corrected chi connectivity index (χ2v) is 10.6. The van der Waals surface area contributed by atoms with Crippen LogP contribution in [-0.4, -0.2) is 71.8 Å². The predicted molar refractivity (Wildman–Crippen MR) is 145 cm³/mol. The zero-order chi connectivity index (χ0) is 25.2. The molecule has 1 N–H and O–H groups in total. The molecule has 2 atom stereocenters. The van der Waals surface area contributed by atoms with Crippen LogP contribution in [-0.2, 0) is 12.8 Å². The minimum absolute atomic E-state index is 0.114. The molecule has 6 rings (SSSR count). The van der Waals surface area contributed by atoms with Gasteiger partial charge in [0.1, 0.15) is 12.4 Å². The van der Waals surface area contributed by atoms with Gasteiger partial charge in [0.2, 0.25) is 0 Å². The molecule has 8 nitrogen and oxygen atoms in total. The van der Waals surface area contributed by atoms with Crippen molar-refractivity contribution in [2.75, 3.05) is 44.7 Å². The van der Waals surface area contributed by atoms with Gasteiger partial charge in [-0.3, -0.25) is 0 Å². The van der Waals surface area contributed by atoms with Crippen molar-refractivity contribution in [1.29, 1.82) is 5.26 Å². The highest BCUT2D eigenvalue weighted by atomic mass is 16.5. The van der Waals surface area contributed by atoms with E-state index in [1.54, 1.807) is 0 Å². The Bertz CT molecular complexity index is 1320. The number of aryl methyl sites for hydroxylation is 1. The highest BCUT2D eigenvalue weighted by Crippen LogP contribution is 2.33. The summed E-state index contributed by atoms with van der Waals surface area (Å²) in [7, 11) is 2.15. The van der Waals surface area contributed by atoms with Gasteiger partial charge in [-0.2, -0.15) is 15.2 Å². The lowest BCUT2D eigenvalue weighted by Crippen LogP contribution is -2.51. The van der Waals surface area contributed by atoms with E-state index in [0.717, 1.165) is 62.3 Å². The Labute approximate surface area is 218 Å². The molecule has 3 aliphatic rings. The number of nitriles is 1. The van der Waals surface area contributed by atoms with Gasteiger partial charge in [0, 0.05) is 37.3 Å². The molecule has 8 heteroatoms. The number of piperazine rings is 1. The summed E-state index contributed by atoms with van der Waals surface area (Å²) in [5, 5.41) is 13.6. The number of fused-ring (bicyclic) bond motifs is 2. The zero-order valence-corrected chi connectivity index (χ0v) is 21.6. The van der Waals surface area contributed by atoms with Gasteiger partial charge in [0.05, 0.1) is 23.6 Å². The largest absolute Gasteiger partial charge is 0.462 e. The van der Waals surface area contributed by atoms with Gasteiger partial charge in [-0.15, -0.1) is 0 Å². The van der Waals surface area contributed by atoms with Gasteiger partial charge < -0.3 is 19.9 Å². The summed E-state index contributed by atoms with van der Waals surface area (Å²) < 4.78 is 6.21. The third-order valence-electron chi connectivity index (χ3n) is 8.16. The summed E-state index contributed by atoms with van der Waals surface area (Å²) in [6.45, 7) is 4.02. The first kappa shape index (κ1) is 24.1. The lowest BCUT2D eigenvalue weighted by Gasteiger charge is -2.34. The van der Waals surface area contributed by atoms with Crippen molar-refractivity contribution in [3.05, 3.63) is 41.5 Å². The van der Waals surface area contributed by atoms with E-state index >= 15 is 0 Å². The van der Waals surface area contributed by atoms with Gasteiger partial charge in [-0.1, -0.05) is 18.2 Å². The monoisotopic (exact) mass is 497 g/mol. The number of nitrogens with zero attached hydrogens (tertiary/aromatic N) is 6. The van der Waals surface area contributed by atoms with Gasteiger partial charge in [-0.05, 0) is 75.4 Å². The lowest BCUT2D eigenvalue weighted by molar-refractivity contribution is 0.188. The van der Waals surface area contributed by atoms with Crippen LogP contribution in [0, 0.1) is 11.3 Å². The number of hydrogen-bond acceptors (Lipinski definition) is 8. The van der Waals surface area contributed by atoms with Crippen molar-refractivity contribution in [1.82, 2.24) is 25.2 Å². The Morgan fingerprint density at radius 1 is 1.08 bits per heavy atom. The second kappa shape index (κ2) is 10.6. The molecule has 2 unspecified atom stereocenters. The molecule has 1 aromatic carbocycles. The number of likely N-dealkylation sites (tertiary alicyclic amines) is 1. The number of pyridine rings is 1. The second-order valence-electron chi connectivity index (χ2n) is 10.6. The van der Waals surface area contributed by atoms with Crippen LogP contribution in [0.2, 0.25) is 0 Å². The third kappa shape index (κ3) is 4.98. The Morgan fingerprint density at radius 2 is 2.00 bits per heavy atom. The first-order valence-corrected chi connectivity index (χ1v) is 13.7. The van der Waals surface area contributed by atoms with Crippen LogP contribution in [0.3, 0.4) is 0 Å². The number of ether oxygens (including phenoxy) is 1. The van der Waals surface area contributed by atoms with Crippen molar-refractivity contribution < 1.29 is 4.74 Å². The van der Waals surface area contributed by atoms with Crippen LogP contribution in [0.15, 0.2) is 30.3 Å². The molecule has 192 valence electrons. The minimum atomic E-state index is 0.114. The number of likely N-dealkylation sites (N-methyl/N-ethyl adjacent to an activating group) is 1. The van der Waals surface area contributed by atoms with Crippen LogP contribution >= 0.6 is 0 Å². The van der Waals surface area contributed by atoms with E-state index in [-0.39, 0.29) is 6.04 Å². The maximum atomic E-state index is 9.24. The molecule has 0 saturated carbocycles. The fourth-order valence-electron chi connectivity index (χ4n) is 6.08. The van der Waals surface area contributed by atoms with E-state index in [9.17, 15) is 5.26 Å². The van der Waals surface area contributed by atoms with E-state index in [4.69, 9.17) is 19.7 Å². The summed E-state index contributed by atoms with van der Waals surface area (Å²) in [4.78, 5) is 19.4. The van der Waals surface area contributed by atoms with Crippen LogP contribution in [0.5, 0.6) is 6.01 Å². The standard InChI is InChI=1S/C29H35N7O/c1-35-16-5-8-22(35)19-37-29-33-27-25(28(34-29)36-17-15-31-21(18-36)13-14-30)11-12-26(32-27)24-10-4-7-20-6-2-3-9-23(20)24/h4,7,10-12,21-22,31H,2-3,5-6,8-9,13,15-19H2,1H3. The van der Waals surface area contributed by atoms with Crippen LogP contribution in [0.1, 0.15) is 43.2 Å². The summed E-state index contributed by atoms with van der Waals surface area (Å²) >= 11 is 0. The number of nitrogens with one attached hydrogen (secondary N) is 1. The van der Waals surface area contributed by atoms with Crippen molar-refractivity contribution in [2.24, 2.45) is 0 Å². The fraction of sp³-hybridized carbons (Fsp3) is 0.517. The van der Waals surface area contributed by atoms with Crippen molar-refractivity contribution in [2.45, 2.75) is 57.0 Å². The molecule has 4 heterocycles. The number of anilines is 1. The number of benzene rings is 1. The maximum absolute atomic E-state index is 9.24. The SMILES string of the molecule is CN1CCCC1COc1nc(N2CCNC(CC#N)C2)c2ccc(-c3cccc4c3CCCC4)nc2n1. The molecule has 3 aromatic rings. The molecule has 0 bridgehead atoms. The molecule has 0 amide bonds. The number of hydrogen-bond donors (Lipinski definition) is 1. The zero-order valence-electron chi connectivity index (χ0n) is 21.6. The summed E-state index contributed by atoms with van der Waals surface area (Å²) in [6, 6.07) is 14.0. The summed E-state index contributed by atoms with van der Waals surface area (Å²) in [5.74, 6) is 0.846. The molecule has 2 aromatic heterocycles. The van der Waals surface area contributed by atoms with Crippen molar-refractivity contribution in [3.63, 3.8) is 0 Å². The number of rotatable bonds is 6. The third-order valence-corrected chi connectivity index (χ3v) is 8.16. The molecule has 0 spiro atoms. The van der Waals surface area contributed by atoms with E-state index in [1.165, 1.54) is 36.0 Å². The molecule has 2 aliphatic heterocycles. The first-order valence-electron chi connectivity index (χ1n) is 13.7. The topological polar surface area (TPSA) is 90.2 Å². The Morgan fingerprint density at radius 3 is 2.86 bits per heavy atom.